The molecule has 0 aliphatic rings. The molecule has 0 amide bonds. The summed E-state index contributed by atoms with van der Waals surface area (Å²) < 4.78 is 0. The van der Waals surface area contributed by atoms with Gasteiger partial charge < -0.3 is 10.0 Å². The Morgan fingerprint density at radius 1 is 1.35 bits per heavy atom. The van der Waals surface area contributed by atoms with E-state index < -0.39 is 11.5 Å². The fraction of sp³-hybridized carbons (Fsp3) is 0.500. The van der Waals surface area contributed by atoms with Crippen LogP contribution >= 0.6 is 0 Å². The molecule has 3 heteroatoms. The predicted molar refractivity (Wildman–Crippen MR) is 70.5 cm³/mol. The van der Waals surface area contributed by atoms with E-state index in [0.717, 1.165) is 11.3 Å². The van der Waals surface area contributed by atoms with Gasteiger partial charge in [0.25, 0.3) is 0 Å². The molecule has 94 valence electrons. The second-order valence-corrected chi connectivity index (χ2v) is 4.46. The van der Waals surface area contributed by atoms with Gasteiger partial charge in [-0.15, -0.1) is 0 Å². The fourth-order valence-electron chi connectivity index (χ4n) is 2.11. The third-order valence-corrected chi connectivity index (χ3v) is 3.47. The lowest BCUT2D eigenvalue weighted by molar-refractivity contribution is -0.142. The Labute approximate surface area is 103 Å². The van der Waals surface area contributed by atoms with Crippen molar-refractivity contribution in [3.8, 4) is 0 Å². The van der Waals surface area contributed by atoms with Crippen LogP contribution in [0.25, 0.3) is 0 Å². The number of aliphatic carboxylic acids is 1. The molecule has 1 atom stereocenters. The number of carboxylic acid groups (broad SMARTS) is 1. The lowest BCUT2D eigenvalue weighted by atomic mass is 9.94. The highest BCUT2D eigenvalue weighted by molar-refractivity contribution is 5.83. The fourth-order valence-corrected chi connectivity index (χ4v) is 2.11. The van der Waals surface area contributed by atoms with Crippen LogP contribution in [0.15, 0.2) is 24.3 Å². The summed E-state index contributed by atoms with van der Waals surface area (Å²) in [5, 5.41) is 9.44. The number of nitrogens with zero attached hydrogens (tertiary/aromatic N) is 1. The molecule has 1 N–H and O–H groups in total. The molecule has 0 aliphatic heterocycles. The molecule has 17 heavy (non-hydrogen) atoms. The Kier molecular flexibility index (Phi) is 4.16. The van der Waals surface area contributed by atoms with E-state index in [9.17, 15) is 9.90 Å². The van der Waals surface area contributed by atoms with Crippen molar-refractivity contribution in [2.45, 2.75) is 39.7 Å². The average molecular weight is 235 g/mol. The van der Waals surface area contributed by atoms with E-state index in [1.807, 2.05) is 49.9 Å². The molecule has 1 aromatic carbocycles. The van der Waals surface area contributed by atoms with Gasteiger partial charge in [-0.25, -0.2) is 4.79 Å². The first-order valence-electron chi connectivity index (χ1n) is 6.04. The van der Waals surface area contributed by atoms with Crippen LogP contribution in [-0.4, -0.2) is 23.2 Å². The third-order valence-electron chi connectivity index (χ3n) is 3.47. The summed E-state index contributed by atoms with van der Waals surface area (Å²) in [5.41, 5.74) is 1.26. The Morgan fingerprint density at radius 2 is 1.94 bits per heavy atom. The smallest absolute Gasteiger partial charge is 0.329 e. The van der Waals surface area contributed by atoms with Gasteiger partial charge in [0.2, 0.25) is 0 Å². The molecule has 0 aliphatic carbocycles. The highest BCUT2D eigenvalue weighted by atomic mass is 16.4. The normalized spacial score (nSPS) is 14.1. The standard InChI is InChI=1S/C14H21NO2/c1-5-14(4,13(16)17)15(6-2)12-10-8-7-9-11(12)3/h7-10H,5-6H2,1-4H3,(H,16,17). The van der Waals surface area contributed by atoms with Crippen LogP contribution in [0.4, 0.5) is 5.69 Å². The van der Waals surface area contributed by atoms with Crippen LogP contribution in [-0.2, 0) is 4.79 Å². The highest BCUT2D eigenvalue weighted by Crippen LogP contribution is 2.29. The molecule has 0 spiro atoms. The zero-order valence-electron chi connectivity index (χ0n) is 11.0. The minimum Gasteiger partial charge on any atom is -0.480 e. The summed E-state index contributed by atoms with van der Waals surface area (Å²) in [6.07, 6.45) is 0.574. The van der Waals surface area contributed by atoms with Gasteiger partial charge in [-0.05, 0) is 38.8 Å². The summed E-state index contributed by atoms with van der Waals surface area (Å²) in [7, 11) is 0. The summed E-state index contributed by atoms with van der Waals surface area (Å²) in [4.78, 5) is 13.5. The lowest BCUT2D eigenvalue weighted by Crippen LogP contribution is -2.52. The number of benzene rings is 1. The highest BCUT2D eigenvalue weighted by Gasteiger charge is 2.37. The average Bonchev–Trinajstić information content (AvgIpc) is 2.31. The Hall–Kier alpha value is -1.51. The zero-order valence-corrected chi connectivity index (χ0v) is 11.0. The van der Waals surface area contributed by atoms with Crippen molar-refractivity contribution in [2.75, 3.05) is 11.4 Å². The van der Waals surface area contributed by atoms with E-state index in [-0.39, 0.29) is 0 Å². The molecule has 0 fully saturated rings. The SMILES string of the molecule is CCN(c1ccccc1C)C(C)(CC)C(=O)O. The second-order valence-electron chi connectivity index (χ2n) is 4.46. The van der Waals surface area contributed by atoms with E-state index >= 15 is 0 Å². The van der Waals surface area contributed by atoms with Gasteiger partial charge in [0.15, 0.2) is 0 Å². The molecule has 0 aromatic heterocycles. The van der Waals surface area contributed by atoms with Crippen LogP contribution in [0.5, 0.6) is 0 Å². The lowest BCUT2D eigenvalue weighted by Gasteiger charge is -2.39. The van der Waals surface area contributed by atoms with E-state index in [0.29, 0.717) is 13.0 Å². The molecule has 0 bridgehead atoms. The van der Waals surface area contributed by atoms with E-state index in [1.54, 1.807) is 6.92 Å². The van der Waals surface area contributed by atoms with Crippen LogP contribution in [0.2, 0.25) is 0 Å². The molecule has 0 radical (unpaired) electrons. The van der Waals surface area contributed by atoms with Gasteiger partial charge in [-0.2, -0.15) is 0 Å². The van der Waals surface area contributed by atoms with Gasteiger partial charge >= 0.3 is 5.97 Å². The Bertz CT molecular complexity index is 403. The molecule has 1 aromatic rings. The van der Waals surface area contributed by atoms with E-state index in [4.69, 9.17) is 0 Å². The summed E-state index contributed by atoms with van der Waals surface area (Å²) in [6.45, 7) is 8.38. The maximum absolute atomic E-state index is 11.5. The van der Waals surface area contributed by atoms with E-state index in [1.165, 1.54) is 0 Å². The van der Waals surface area contributed by atoms with Crippen molar-refractivity contribution in [2.24, 2.45) is 0 Å². The number of rotatable bonds is 5. The summed E-state index contributed by atoms with van der Waals surface area (Å²) >= 11 is 0. The number of carbonyl (C=O) groups is 1. The zero-order chi connectivity index (χ0) is 13.1. The molecule has 1 unspecified atom stereocenters. The number of para-hydroxylation sites is 1. The van der Waals surface area contributed by atoms with Crippen molar-refractivity contribution in [3.05, 3.63) is 29.8 Å². The van der Waals surface area contributed by atoms with Crippen molar-refractivity contribution in [1.82, 2.24) is 0 Å². The number of hydrogen-bond acceptors (Lipinski definition) is 2. The third kappa shape index (κ3) is 2.43. The van der Waals surface area contributed by atoms with Crippen LogP contribution in [0.3, 0.4) is 0 Å². The molecule has 0 heterocycles. The van der Waals surface area contributed by atoms with Gasteiger partial charge in [0.1, 0.15) is 5.54 Å². The number of aryl methyl sites for hydroxylation is 1. The van der Waals surface area contributed by atoms with Gasteiger partial charge in [0.05, 0.1) is 0 Å². The van der Waals surface area contributed by atoms with Crippen molar-refractivity contribution >= 4 is 11.7 Å². The van der Waals surface area contributed by atoms with Crippen LogP contribution in [0, 0.1) is 6.92 Å². The molecule has 0 saturated carbocycles. The molecule has 0 saturated heterocycles. The van der Waals surface area contributed by atoms with Crippen molar-refractivity contribution < 1.29 is 9.90 Å². The molecule has 1 rings (SSSR count). The second kappa shape index (κ2) is 5.21. The van der Waals surface area contributed by atoms with Crippen molar-refractivity contribution in [3.63, 3.8) is 0 Å². The van der Waals surface area contributed by atoms with Crippen LogP contribution in [0.1, 0.15) is 32.8 Å². The number of anilines is 1. The summed E-state index contributed by atoms with van der Waals surface area (Å²) in [6, 6.07) is 7.91. The topological polar surface area (TPSA) is 40.5 Å². The van der Waals surface area contributed by atoms with Gasteiger partial charge in [-0.1, -0.05) is 25.1 Å². The van der Waals surface area contributed by atoms with E-state index in [2.05, 4.69) is 0 Å². The minimum absolute atomic E-state index is 0.574. The van der Waals surface area contributed by atoms with Crippen molar-refractivity contribution in [1.29, 1.82) is 0 Å². The number of likely N-dealkylation sites (N-methyl/N-ethyl adjacent to an activating group) is 1. The largest absolute Gasteiger partial charge is 0.480 e. The molecular formula is C14H21NO2. The van der Waals surface area contributed by atoms with Gasteiger partial charge in [0, 0.05) is 12.2 Å². The Balaban J connectivity index is 3.24. The first-order chi connectivity index (χ1) is 7.97. The molecule has 3 nitrogen and oxygen atoms in total. The number of carboxylic acids is 1. The molecular weight excluding hydrogens is 214 g/mol. The Morgan fingerprint density at radius 3 is 2.35 bits per heavy atom. The number of hydrogen-bond donors (Lipinski definition) is 1. The maximum atomic E-state index is 11.5. The summed E-state index contributed by atoms with van der Waals surface area (Å²) in [5.74, 6) is -0.773. The maximum Gasteiger partial charge on any atom is 0.329 e. The van der Waals surface area contributed by atoms with Crippen LogP contribution < -0.4 is 4.90 Å². The monoisotopic (exact) mass is 235 g/mol. The first kappa shape index (κ1) is 13.6. The quantitative estimate of drug-likeness (QED) is 0.852. The minimum atomic E-state index is -0.846. The first-order valence-corrected chi connectivity index (χ1v) is 6.04. The predicted octanol–water partition coefficient (Wildman–Crippen LogP) is 3.07. The van der Waals surface area contributed by atoms with Gasteiger partial charge in [-0.3, -0.25) is 0 Å².